The molecule has 23 heavy (non-hydrogen) atoms. The minimum atomic E-state index is 0.0536. The van der Waals surface area contributed by atoms with Gasteiger partial charge in [-0.1, -0.05) is 30.3 Å². The van der Waals surface area contributed by atoms with Crippen LogP contribution >= 0.6 is 11.8 Å². The Balaban J connectivity index is 1.79. The third-order valence-corrected chi connectivity index (χ3v) is 4.69. The van der Waals surface area contributed by atoms with E-state index in [1.54, 1.807) is 11.8 Å². The molecule has 0 aliphatic heterocycles. The molecule has 5 heteroatoms. The largest absolute Gasteiger partial charge is 0.349 e. The van der Waals surface area contributed by atoms with Gasteiger partial charge in [0.05, 0.1) is 6.04 Å². The second-order valence-corrected chi connectivity index (χ2v) is 6.70. The quantitative estimate of drug-likeness (QED) is 0.914. The van der Waals surface area contributed by atoms with Gasteiger partial charge in [-0.3, -0.25) is 4.79 Å². The van der Waals surface area contributed by atoms with Crippen molar-refractivity contribution in [1.82, 2.24) is 15.3 Å². The van der Waals surface area contributed by atoms with E-state index < -0.39 is 0 Å². The highest BCUT2D eigenvalue weighted by molar-refractivity contribution is 7.98. The molecule has 0 radical (unpaired) electrons. The van der Waals surface area contributed by atoms with Crippen molar-refractivity contribution in [1.29, 1.82) is 0 Å². The molecule has 0 spiro atoms. The number of thioether (sulfide) groups is 1. The molecule has 1 heterocycles. The van der Waals surface area contributed by atoms with Crippen LogP contribution in [0.3, 0.4) is 0 Å². The number of hydrogen-bond acceptors (Lipinski definition) is 4. The van der Waals surface area contributed by atoms with Gasteiger partial charge in [0.2, 0.25) is 5.91 Å². The first-order valence-corrected chi connectivity index (χ1v) is 9.37. The molecule has 2 aromatic rings. The number of amides is 1. The van der Waals surface area contributed by atoms with Crippen LogP contribution in [-0.4, -0.2) is 27.9 Å². The van der Waals surface area contributed by atoms with Crippen LogP contribution in [0, 0.1) is 0 Å². The fraction of sp³-hybridized carbons (Fsp3) is 0.389. The third-order valence-electron chi connectivity index (χ3n) is 4.08. The van der Waals surface area contributed by atoms with E-state index in [0.717, 1.165) is 47.7 Å². The van der Waals surface area contributed by atoms with Crippen LogP contribution in [0.2, 0.25) is 0 Å². The van der Waals surface area contributed by atoms with Gasteiger partial charge in [0, 0.05) is 35.2 Å². The zero-order chi connectivity index (χ0) is 16.1. The van der Waals surface area contributed by atoms with E-state index in [4.69, 9.17) is 4.98 Å². The summed E-state index contributed by atoms with van der Waals surface area (Å²) in [6.07, 6.45) is 7.44. The Hall–Kier alpha value is -1.88. The summed E-state index contributed by atoms with van der Waals surface area (Å²) in [4.78, 5) is 21.3. The monoisotopic (exact) mass is 327 g/mol. The molecular formula is C18H21N3OS. The predicted octanol–water partition coefficient (Wildman–Crippen LogP) is 3.39. The molecule has 0 fully saturated rings. The van der Waals surface area contributed by atoms with Crippen molar-refractivity contribution in [3.05, 3.63) is 47.8 Å². The molecule has 1 aliphatic carbocycles. The molecule has 4 nitrogen and oxygen atoms in total. The Morgan fingerprint density at radius 1 is 1.35 bits per heavy atom. The normalized spacial score (nSPS) is 16.7. The van der Waals surface area contributed by atoms with E-state index >= 15 is 0 Å². The highest BCUT2D eigenvalue weighted by Gasteiger charge is 2.23. The first-order chi connectivity index (χ1) is 11.3. The Morgan fingerprint density at radius 2 is 2.17 bits per heavy atom. The number of carbonyl (C=O) groups excluding carboxylic acids is 1. The lowest BCUT2D eigenvalue weighted by atomic mass is 9.92. The highest BCUT2D eigenvalue weighted by atomic mass is 32.2. The number of aromatic nitrogens is 2. The number of carbonyl (C=O) groups is 1. The van der Waals surface area contributed by atoms with Gasteiger partial charge in [-0.2, -0.15) is 11.8 Å². The molecule has 0 bridgehead atoms. The van der Waals surface area contributed by atoms with E-state index in [9.17, 15) is 4.79 Å². The summed E-state index contributed by atoms with van der Waals surface area (Å²) in [7, 11) is 0. The molecule has 3 rings (SSSR count). The number of nitrogens with zero attached hydrogens (tertiary/aromatic N) is 2. The molecule has 0 saturated heterocycles. The number of benzene rings is 1. The summed E-state index contributed by atoms with van der Waals surface area (Å²) in [5.41, 5.74) is 3.18. The zero-order valence-corrected chi connectivity index (χ0v) is 14.1. The first kappa shape index (κ1) is 16.0. The van der Waals surface area contributed by atoms with Gasteiger partial charge in [-0.15, -0.1) is 0 Å². The van der Waals surface area contributed by atoms with Crippen LogP contribution in [0.15, 0.2) is 36.5 Å². The number of aryl methyl sites for hydroxylation is 1. The maximum absolute atomic E-state index is 12.0. The molecule has 1 atom stereocenters. The molecule has 1 aromatic heterocycles. The molecule has 1 N–H and O–H groups in total. The van der Waals surface area contributed by atoms with Gasteiger partial charge in [0.25, 0.3) is 0 Å². The van der Waals surface area contributed by atoms with Crippen molar-refractivity contribution >= 4 is 17.7 Å². The first-order valence-electron chi connectivity index (χ1n) is 7.97. The fourth-order valence-corrected chi connectivity index (χ4v) is 3.27. The van der Waals surface area contributed by atoms with Gasteiger partial charge in [-0.25, -0.2) is 9.97 Å². The van der Waals surface area contributed by atoms with E-state index in [-0.39, 0.29) is 11.9 Å². The third kappa shape index (κ3) is 3.91. The molecule has 1 aromatic carbocycles. The maximum Gasteiger partial charge on any atom is 0.221 e. The Labute approximate surface area is 141 Å². The zero-order valence-electron chi connectivity index (χ0n) is 13.3. The minimum Gasteiger partial charge on any atom is -0.349 e. The van der Waals surface area contributed by atoms with Crippen LogP contribution in [0.4, 0.5) is 0 Å². The summed E-state index contributed by atoms with van der Waals surface area (Å²) < 4.78 is 0. The molecule has 1 amide bonds. The van der Waals surface area contributed by atoms with E-state index in [0.29, 0.717) is 6.42 Å². The van der Waals surface area contributed by atoms with Gasteiger partial charge < -0.3 is 5.32 Å². The van der Waals surface area contributed by atoms with Crippen molar-refractivity contribution in [2.75, 3.05) is 12.0 Å². The van der Waals surface area contributed by atoms with Crippen LogP contribution < -0.4 is 5.32 Å². The molecular weight excluding hydrogens is 306 g/mol. The van der Waals surface area contributed by atoms with Crippen LogP contribution in [-0.2, 0) is 11.2 Å². The van der Waals surface area contributed by atoms with Crippen LogP contribution in [0.5, 0.6) is 0 Å². The highest BCUT2D eigenvalue weighted by Crippen LogP contribution is 2.29. The van der Waals surface area contributed by atoms with Crippen LogP contribution in [0.1, 0.15) is 36.6 Å². The summed E-state index contributed by atoms with van der Waals surface area (Å²) in [5.74, 6) is 1.73. The Bertz CT molecular complexity index is 675. The second-order valence-electron chi connectivity index (χ2n) is 5.72. The summed E-state index contributed by atoms with van der Waals surface area (Å²) in [6.45, 7) is 0. The maximum atomic E-state index is 12.0. The number of rotatable bonds is 5. The topological polar surface area (TPSA) is 54.9 Å². The van der Waals surface area contributed by atoms with E-state index in [1.807, 2.05) is 42.8 Å². The average Bonchev–Trinajstić information content (AvgIpc) is 2.60. The molecule has 0 unspecified atom stereocenters. The fourth-order valence-electron chi connectivity index (χ4n) is 2.88. The summed E-state index contributed by atoms with van der Waals surface area (Å²) >= 11 is 1.69. The summed E-state index contributed by atoms with van der Waals surface area (Å²) in [6, 6.07) is 10.1. The van der Waals surface area contributed by atoms with Crippen molar-refractivity contribution in [2.45, 2.75) is 31.7 Å². The lowest BCUT2D eigenvalue weighted by Gasteiger charge is -2.25. The minimum absolute atomic E-state index is 0.0536. The number of nitrogens with one attached hydrogen (secondary N) is 1. The lowest BCUT2D eigenvalue weighted by molar-refractivity contribution is -0.121. The van der Waals surface area contributed by atoms with Crippen molar-refractivity contribution in [3.8, 4) is 11.4 Å². The molecule has 120 valence electrons. The van der Waals surface area contributed by atoms with Gasteiger partial charge in [-0.05, 0) is 25.5 Å². The van der Waals surface area contributed by atoms with Gasteiger partial charge in [0.15, 0.2) is 5.82 Å². The number of hydrogen-bond donors (Lipinski definition) is 1. The Morgan fingerprint density at radius 3 is 2.96 bits per heavy atom. The number of fused-ring (bicyclic) bond motifs is 1. The molecule has 1 aliphatic rings. The smallest absolute Gasteiger partial charge is 0.221 e. The predicted molar refractivity (Wildman–Crippen MR) is 94.3 cm³/mol. The van der Waals surface area contributed by atoms with Crippen molar-refractivity contribution in [3.63, 3.8) is 0 Å². The summed E-state index contributed by atoms with van der Waals surface area (Å²) in [5, 5.41) is 3.14. The van der Waals surface area contributed by atoms with Gasteiger partial charge >= 0.3 is 0 Å². The van der Waals surface area contributed by atoms with Crippen molar-refractivity contribution in [2.24, 2.45) is 0 Å². The lowest BCUT2D eigenvalue weighted by Crippen LogP contribution is -2.31. The van der Waals surface area contributed by atoms with E-state index in [2.05, 4.69) is 10.3 Å². The van der Waals surface area contributed by atoms with Crippen molar-refractivity contribution < 1.29 is 4.79 Å². The second kappa shape index (κ2) is 7.59. The SMILES string of the molecule is CSCCC(=O)N[C@H]1CCCc2nc(-c3ccccc3)ncc21. The van der Waals surface area contributed by atoms with Crippen LogP contribution in [0.25, 0.3) is 11.4 Å². The van der Waals surface area contributed by atoms with E-state index in [1.165, 1.54) is 0 Å². The standard InChI is InChI=1S/C18H21N3OS/c1-23-11-10-17(22)20-15-8-5-9-16-14(15)12-19-18(21-16)13-6-3-2-4-7-13/h2-4,6-7,12,15H,5,8-11H2,1H3,(H,20,22)/t15-/m0/s1. The average molecular weight is 327 g/mol. The Kier molecular flexibility index (Phi) is 5.28. The van der Waals surface area contributed by atoms with Gasteiger partial charge in [0.1, 0.15) is 0 Å². The molecule has 0 saturated carbocycles.